The minimum atomic E-state index is -0.226. The number of amides is 2. The number of hydrogen-bond acceptors (Lipinski definition) is 2. The van der Waals surface area contributed by atoms with E-state index in [1.165, 1.54) is 37.7 Å². The van der Waals surface area contributed by atoms with Crippen LogP contribution in [0.1, 0.15) is 69.1 Å². The minimum absolute atomic E-state index is 0.226. The van der Waals surface area contributed by atoms with Crippen molar-refractivity contribution in [3.63, 3.8) is 0 Å². The fraction of sp³-hybridized carbons (Fsp3) is 0.387. The maximum Gasteiger partial charge on any atom is 0.322 e. The molecule has 0 radical (unpaired) electrons. The van der Waals surface area contributed by atoms with E-state index in [-0.39, 0.29) is 6.03 Å². The van der Waals surface area contributed by atoms with Gasteiger partial charge in [-0.1, -0.05) is 99.1 Å². The van der Waals surface area contributed by atoms with Crippen molar-refractivity contribution >= 4 is 34.9 Å². The number of hydrogen-bond donors (Lipinski definition) is 1. The summed E-state index contributed by atoms with van der Waals surface area (Å²) in [4.78, 5) is 15.2. The molecule has 0 saturated carbocycles. The fourth-order valence-corrected chi connectivity index (χ4v) is 4.50. The number of halogens is 2. The Morgan fingerprint density at radius 3 is 2.00 bits per heavy atom. The number of nitrogens with one attached hydrogen (secondary N) is 1. The van der Waals surface area contributed by atoms with Crippen LogP contribution in [0.2, 0.25) is 10.0 Å². The van der Waals surface area contributed by atoms with E-state index >= 15 is 0 Å². The first-order chi connectivity index (χ1) is 18.0. The SMILES string of the molecule is CCCCCOc1ccc(CN(Cc2ccc(CCCCC)cc2)C(=O)Nc2ccc(Cl)cc2Cl)cc1. The van der Waals surface area contributed by atoms with Gasteiger partial charge in [-0.05, 0) is 66.3 Å². The number of urea groups is 1. The van der Waals surface area contributed by atoms with Gasteiger partial charge in [0.2, 0.25) is 0 Å². The number of unbranched alkanes of at least 4 members (excludes halogenated alkanes) is 4. The van der Waals surface area contributed by atoms with Crippen molar-refractivity contribution in [2.45, 2.75) is 71.9 Å². The topological polar surface area (TPSA) is 41.6 Å². The third kappa shape index (κ3) is 9.94. The molecule has 0 fully saturated rings. The Kier molecular flexibility index (Phi) is 12.1. The van der Waals surface area contributed by atoms with E-state index in [0.717, 1.165) is 36.3 Å². The summed E-state index contributed by atoms with van der Waals surface area (Å²) >= 11 is 12.3. The quantitative estimate of drug-likeness (QED) is 0.207. The fourth-order valence-electron chi connectivity index (χ4n) is 4.05. The van der Waals surface area contributed by atoms with Crippen molar-refractivity contribution < 1.29 is 9.53 Å². The van der Waals surface area contributed by atoms with Gasteiger partial charge >= 0.3 is 6.03 Å². The Labute approximate surface area is 231 Å². The summed E-state index contributed by atoms with van der Waals surface area (Å²) in [5.41, 5.74) is 3.96. The van der Waals surface area contributed by atoms with Gasteiger partial charge in [-0.3, -0.25) is 0 Å². The standard InChI is InChI=1S/C31H38Cl2N2O2/c1-3-5-7-9-24-10-12-25(13-11-24)22-35(31(36)34-30-19-16-27(32)21-29(30)33)23-26-14-17-28(18-15-26)37-20-8-6-4-2/h10-19,21H,3-9,20,22-23H2,1-2H3,(H,34,36). The smallest absolute Gasteiger partial charge is 0.322 e. The molecule has 2 amide bonds. The molecule has 0 unspecified atom stereocenters. The Morgan fingerprint density at radius 1 is 0.784 bits per heavy atom. The highest BCUT2D eigenvalue weighted by Gasteiger charge is 2.17. The molecule has 6 heteroatoms. The van der Waals surface area contributed by atoms with Gasteiger partial charge in [-0.2, -0.15) is 0 Å². The highest BCUT2D eigenvalue weighted by atomic mass is 35.5. The van der Waals surface area contributed by atoms with Crippen LogP contribution < -0.4 is 10.1 Å². The first-order valence-electron chi connectivity index (χ1n) is 13.3. The number of carbonyl (C=O) groups is 1. The molecule has 198 valence electrons. The van der Waals surface area contributed by atoms with E-state index in [4.69, 9.17) is 27.9 Å². The highest BCUT2D eigenvalue weighted by molar-refractivity contribution is 6.36. The number of carbonyl (C=O) groups excluding carboxylic acids is 1. The molecule has 0 saturated heterocycles. The molecule has 0 heterocycles. The predicted molar refractivity (Wildman–Crippen MR) is 156 cm³/mol. The Balaban J connectivity index is 1.71. The van der Waals surface area contributed by atoms with Gasteiger partial charge in [0, 0.05) is 18.1 Å². The number of nitrogens with zero attached hydrogens (tertiary/aromatic N) is 1. The molecule has 0 atom stereocenters. The molecule has 0 aliphatic heterocycles. The van der Waals surface area contributed by atoms with Crippen molar-refractivity contribution in [2.75, 3.05) is 11.9 Å². The van der Waals surface area contributed by atoms with Crippen LogP contribution in [0.3, 0.4) is 0 Å². The van der Waals surface area contributed by atoms with Crippen LogP contribution in [0.4, 0.5) is 10.5 Å². The summed E-state index contributed by atoms with van der Waals surface area (Å²) in [6, 6.07) is 21.4. The second-order valence-corrected chi connectivity index (χ2v) is 10.2. The summed E-state index contributed by atoms with van der Waals surface area (Å²) in [7, 11) is 0. The van der Waals surface area contributed by atoms with Gasteiger partial charge in [0.25, 0.3) is 0 Å². The number of rotatable bonds is 14. The second-order valence-electron chi connectivity index (χ2n) is 9.38. The zero-order chi connectivity index (χ0) is 26.5. The Morgan fingerprint density at radius 2 is 1.38 bits per heavy atom. The summed E-state index contributed by atoms with van der Waals surface area (Å²) in [6.45, 7) is 6.04. The lowest BCUT2D eigenvalue weighted by Gasteiger charge is -2.24. The summed E-state index contributed by atoms with van der Waals surface area (Å²) in [6.07, 6.45) is 8.13. The molecule has 1 N–H and O–H groups in total. The lowest BCUT2D eigenvalue weighted by molar-refractivity contribution is 0.206. The van der Waals surface area contributed by atoms with Crippen molar-refractivity contribution in [2.24, 2.45) is 0 Å². The van der Waals surface area contributed by atoms with Gasteiger partial charge in [-0.25, -0.2) is 4.79 Å². The van der Waals surface area contributed by atoms with Crippen LogP contribution in [-0.2, 0) is 19.5 Å². The van der Waals surface area contributed by atoms with Gasteiger partial charge in [0.05, 0.1) is 17.3 Å². The average Bonchev–Trinajstić information content (AvgIpc) is 2.90. The van der Waals surface area contributed by atoms with Crippen molar-refractivity contribution in [3.05, 3.63) is 93.5 Å². The van der Waals surface area contributed by atoms with E-state index in [0.29, 0.717) is 28.8 Å². The molecule has 0 aromatic heterocycles. The van der Waals surface area contributed by atoms with Crippen LogP contribution in [0.5, 0.6) is 5.75 Å². The molecule has 0 spiro atoms. The van der Waals surface area contributed by atoms with Crippen LogP contribution in [-0.4, -0.2) is 17.5 Å². The van der Waals surface area contributed by atoms with Crippen molar-refractivity contribution in [3.8, 4) is 5.75 Å². The minimum Gasteiger partial charge on any atom is -0.494 e. The first-order valence-corrected chi connectivity index (χ1v) is 14.0. The van der Waals surface area contributed by atoms with Crippen LogP contribution in [0.25, 0.3) is 0 Å². The first kappa shape index (κ1) is 28.9. The van der Waals surface area contributed by atoms with Crippen LogP contribution in [0.15, 0.2) is 66.7 Å². The normalized spacial score (nSPS) is 10.8. The zero-order valence-corrected chi connectivity index (χ0v) is 23.5. The molecule has 37 heavy (non-hydrogen) atoms. The number of anilines is 1. The molecule has 0 aliphatic carbocycles. The largest absolute Gasteiger partial charge is 0.494 e. The van der Waals surface area contributed by atoms with E-state index in [1.807, 2.05) is 24.3 Å². The molecule has 0 bridgehead atoms. The maximum atomic E-state index is 13.4. The van der Waals surface area contributed by atoms with E-state index in [1.54, 1.807) is 23.1 Å². The third-order valence-corrected chi connectivity index (χ3v) is 6.79. The summed E-state index contributed by atoms with van der Waals surface area (Å²) in [5.74, 6) is 0.850. The summed E-state index contributed by atoms with van der Waals surface area (Å²) in [5, 5.41) is 3.88. The van der Waals surface area contributed by atoms with Crippen LogP contribution >= 0.6 is 23.2 Å². The Bertz CT molecular complexity index is 1100. The van der Waals surface area contributed by atoms with Gasteiger partial charge in [-0.15, -0.1) is 0 Å². The molecule has 3 aromatic rings. The van der Waals surface area contributed by atoms with Gasteiger partial charge in [0.15, 0.2) is 0 Å². The van der Waals surface area contributed by atoms with E-state index in [2.05, 4.69) is 43.4 Å². The van der Waals surface area contributed by atoms with E-state index < -0.39 is 0 Å². The highest BCUT2D eigenvalue weighted by Crippen LogP contribution is 2.26. The lowest BCUT2D eigenvalue weighted by Crippen LogP contribution is -2.34. The van der Waals surface area contributed by atoms with E-state index in [9.17, 15) is 4.79 Å². The molecule has 3 aromatic carbocycles. The second kappa shape index (κ2) is 15.5. The maximum absolute atomic E-state index is 13.4. The number of ether oxygens (including phenoxy) is 1. The van der Waals surface area contributed by atoms with Crippen molar-refractivity contribution in [1.82, 2.24) is 4.90 Å². The molecule has 4 nitrogen and oxygen atoms in total. The van der Waals surface area contributed by atoms with Crippen LogP contribution in [0, 0.1) is 0 Å². The van der Waals surface area contributed by atoms with Crippen molar-refractivity contribution in [1.29, 1.82) is 0 Å². The monoisotopic (exact) mass is 540 g/mol. The summed E-state index contributed by atoms with van der Waals surface area (Å²) < 4.78 is 5.84. The molecular formula is C31H38Cl2N2O2. The zero-order valence-electron chi connectivity index (χ0n) is 21.9. The predicted octanol–water partition coefficient (Wildman–Crippen LogP) is 9.53. The average molecular weight is 542 g/mol. The number of benzene rings is 3. The number of aryl methyl sites for hydroxylation is 1. The van der Waals surface area contributed by atoms with Gasteiger partial charge in [0.1, 0.15) is 5.75 Å². The lowest BCUT2D eigenvalue weighted by atomic mass is 10.1. The Hall–Kier alpha value is -2.69. The molecule has 0 aliphatic rings. The molecular weight excluding hydrogens is 503 g/mol. The third-order valence-electron chi connectivity index (χ3n) is 6.24. The van der Waals surface area contributed by atoms with Gasteiger partial charge < -0.3 is 15.0 Å². The molecule has 3 rings (SSSR count).